The molecule has 8 heteroatoms. The highest BCUT2D eigenvalue weighted by Gasteiger charge is 2.21. The molecule has 0 unspecified atom stereocenters. The molecule has 2 rings (SSSR count). The van der Waals surface area contributed by atoms with E-state index in [1.54, 1.807) is 12.1 Å². The van der Waals surface area contributed by atoms with Crippen molar-refractivity contribution in [1.29, 1.82) is 0 Å². The van der Waals surface area contributed by atoms with Crippen LogP contribution in [0.5, 0.6) is 5.75 Å². The van der Waals surface area contributed by atoms with Crippen LogP contribution in [-0.4, -0.2) is 74.6 Å². The van der Waals surface area contributed by atoms with Crippen molar-refractivity contribution in [2.45, 2.75) is 34.2 Å². The highest BCUT2D eigenvalue weighted by Crippen LogP contribution is 2.19. The first kappa shape index (κ1) is 23.9. The number of amides is 1. The Kier molecular flexibility index (Phi) is 8.89. The largest absolute Gasteiger partial charge is 0.494 e. The molecule has 2 N–H and O–H groups in total. The molecule has 0 radical (unpaired) electrons. The van der Waals surface area contributed by atoms with Gasteiger partial charge in [0.25, 0.3) is 0 Å². The van der Waals surface area contributed by atoms with Gasteiger partial charge in [-0.05, 0) is 24.6 Å². The summed E-state index contributed by atoms with van der Waals surface area (Å²) in [4.78, 5) is 21.2. The quantitative estimate of drug-likeness (QED) is 0.401. The Labute approximate surface area is 179 Å². The lowest BCUT2D eigenvalue weighted by molar-refractivity contribution is -0.128. The molecule has 168 valence electrons. The van der Waals surface area contributed by atoms with Crippen LogP contribution >= 0.6 is 0 Å². The summed E-state index contributed by atoms with van der Waals surface area (Å²) in [5, 5.41) is 6.27. The maximum absolute atomic E-state index is 13.9. The van der Waals surface area contributed by atoms with Crippen LogP contribution in [-0.2, 0) is 11.3 Å². The Balaban J connectivity index is 1.84. The van der Waals surface area contributed by atoms with Crippen molar-refractivity contribution in [2.75, 3.05) is 52.9 Å². The molecule has 0 atom stereocenters. The van der Waals surface area contributed by atoms with Gasteiger partial charge in [0.1, 0.15) is 0 Å². The van der Waals surface area contributed by atoms with Gasteiger partial charge < -0.3 is 20.3 Å². The van der Waals surface area contributed by atoms with Gasteiger partial charge in [-0.2, -0.15) is 0 Å². The summed E-state index contributed by atoms with van der Waals surface area (Å²) in [5.41, 5.74) is 0.550. The number of methoxy groups -OCH3 is 1. The van der Waals surface area contributed by atoms with Crippen LogP contribution in [0.25, 0.3) is 0 Å². The molecule has 1 aliphatic heterocycles. The summed E-state index contributed by atoms with van der Waals surface area (Å²) < 4.78 is 18.9. The molecular formula is C22H36FN5O2. The molecule has 0 spiro atoms. The number of nitrogens with zero attached hydrogens (tertiary/aromatic N) is 3. The van der Waals surface area contributed by atoms with Crippen LogP contribution in [0.15, 0.2) is 23.2 Å². The first-order chi connectivity index (χ1) is 14.2. The molecule has 0 aromatic heterocycles. The van der Waals surface area contributed by atoms with Crippen molar-refractivity contribution in [1.82, 2.24) is 20.4 Å². The molecule has 0 aliphatic carbocycles. The van der Waals surface area contributed by atoms with Crippen molar-refractivity contribution >= 4 is 11.9 Å². The zero-order chi connectivity index (χ0) is 22.1. The Hall–Kier alpha value is -2.35. The number of rotatable bonds is 7. The predicted octanol–water partition coefficient (Wildman–Crippen LogP) is 2.08. The Morgan fingerprint density at radius 1 is 1.20 bits per heavy atom. The van der Waals surface area contributed by atoms with Crippen molar-refractivity contribution in [3.63, 3.8) is 0 Å². The van der Waals surface area contributed by atoms with Crippen molar-refractivity contribution < 1.29 is 13.9 Å². The monoisotopic (exact) mass is 421 g/mol. The van der Waals surface area contributed by atoms with E-state index in [1.807, 2.05) is 33.8 Å². The summed E-state index contributed by atoms with van der Waals surface area (Å²) >= 11 is 0. The van der Waals surface area contributed by atoms with Gasteiger partial charge in [-0.25, -0.2) is 4.39 Å². The number of carbonyl (C=O) groups is 1. The normalized spacial score (nSPS) is 15.8. The molecule has 1 aliphatic rings. The molecule has 1 aromatic carbocycles. The van der Waals surface area contributed by atoms with Gasteiger partial charge in [0.15, 0.2) is 17.5 Å². The van der Waals surface area contributed by atoms with Crippen molar-refractivity contribution in [3.05, 3.63) is 29.6 Å². The average molecular weight is 422 g/mol. The van der Waals surface area contributed by atoms with Gasteiger partial charge in [0.2, 0.25) is 5.91 Å². The number of guanidine groups is 1. The first-order valence-corrected chi connectivity index (χ1v) is 10.6. The number of nitrogens with one attached hydrogen (secondary N) is 2. The zero-order valence-electron chi connectivity index (χ0n) is 18.9. The third kappa shape index (κ3) is 7.16. The van der Waals surface area contributed by atoms with Crippen molar-refractivity contribution in [3.8, 4) is 5.75 Å². The average Bonchev–Trinajstić information content (AvgIpc) is 2.70. The maximum Gasteiger partial charge on any atom is 0.225 e. The van der Waals surface area contributed by atoms with Gasteiger partial charge in [-0.1, -0.05) is 26.8 Å². The lowest BCUT2D eigenvalue weighted by Gasteiger charge is -2.36. The molecule has 30 heavy (non-hydrogen) atoms. The van der Waals surface area contributed by atoms with Crippen LogP contribution < -0.4 is 15.4 Å². The SMILES string of the molecule is CCNC(=NCCNC(=O)C(C)(C)C)N1CCN(Cc2ccc(OC)c(F)c2)CC1. The topological polar surface area (TPSA) is 69.2 Å². The van der Waals surface area contributed by atoms with E-state index in [1.165, 1.54) is 7.11 Å². The predicted molar refractivity (Wildman–Crippen MR) is 118 cm³/mol. The van der Waals surface area contributed by atoms with Crippen LogP contribution in [0.4, 0.5) is 4.39 Å². The van der Waals surface area contributed by atoms with Crippen LogP contribution in [0, 0.1) is 11.2 Å². The van der Waals surface area contributed by atoms with Crippen LogP contribution in [0.2, 0.25) is 0 Å². The van der Waals surface area contributed by atoms with E-state index in [9.17, 15) is 9.18 Å². The Bertz CT molecular complexity index is 725. The molecule has 1 aromatic rings. The molecule has 0 bridgehead atoms. The molecule has 7 nitrogen and oxygen atoms in total. The second kappa shape index (κ2) is 11.2. The van der Waals surface area contributed by atoms with Gasteiger partial charge in [-0.15, -0.1) is 0 Å². The third-order valence-corrected chi connectivity index (χ3v) is 4.97. The van der Waals surface area contributed by atoms with E-state index in [0.717, 1.165) is 44.2 Å². The summed E-state index contributed by atoms with van der Waals surface area (Å²) in [6.45, 7) is 13.7. The van der Waals surface area contributed by atoms with Crippen molar-refractivity contribution in [2.24, 2.45) is 10.4 Å². The lowest BCUT2D eigenvalue weighted by atomic mass is 9.96. The van der Waals surface area contributed by atoms with Gasteiger partial charge in [0.05, 0.1) is 13.7 Å². The molecule has 1 heterocycles. The minimum atomic E-state index is -0.392. The highest BCUT2D eigenvalue weighted by molar-refractivity contribution is 5.81. The van der Waals surface area contributed by atoms with E-state index >= 15 is 0 Å². The third-order valence-electron chi connectivity index (χ3n) is 4.97. The van der Waals surface area contributed by atoms with Gasteiger partial charge in [-0.3, -0.25) is 14.7 Å². The number of aliphatic imine (C=N–C) groups is 1. The molecule has 1 amide bonds. The number of halogens is 1. The minimum Gasteiger partial charge on any atom is -0.494 e. The maximum atomic E-state index is 13.9. The van der Waals surface area contributed by atoms with Gasteiger partial charge >= 0.3 is 0 Å². The van der Waals surface area contributed by atoms with Crippen LogP contribution in [0.1, 0.15) is 33.3 Å². The zero-order valence-corrected chi connectivity index (χ0v) is 18.9. The number of ether oxygens (including phenoxy) is 1. The first-order valence-electron chi connectivity index (χ1n) is 10.6. The Morgan fingerprint density at radius 2 is 1.90 bits per heavy atom. The summed E-state index contributed by atoms with van der Waals surface area (Å²) in [5.74, 6) is 0.853. The fourth-order valence-electron chi connectivity index (χ4n) is 3.21. The van der Waals surface area contributed by atoms with Gasteiger partial charge in [0, 0.05) is 51.2 Å². The number of benzene rings is 1. The van der Waals surface area contributed by atoms with E-state index in [-0.39, 0.29) is 17.5 Å². The second-order valence-electron chi connectivity index (χ2n) is 8.47. The number of hydrogen-bond donors (Lipinski definition) is 2. The summed E-state index contributed by atoms with van der Waals surface area (Å²) in [6, 6.07) is 5.13. The van der Waals surface area contributed by atoms with E-state index in [2.05, 4.69) is 25.4 Å². The second-order valence-corrected chi connectivity index (χ2v) is 8.47. The minimum absolute atomic E-state index is 0.0336. The molecule has 1 saturated heterocycles. The highest BCUT2D eigenvalue weighted by atomic mass is 19.1. The number of carbonyl (C=O) groups excluding carboxylic acids is 1. The summed E-state index contributed by atoms with van der Waals surface area (Å²) in [7, 11) is 1.47. The fourth-order valence-corrected chi connectivity index (χ4v) is 3.21. The number of hydrogen-bond acceptors (Lipinski definition) is 4. The molecule has 1 fully saturated rings. The molecule has 0 saturated carbocycles. The van der Waals surface area contributed by atoms with E-state index in [4.69, 9.17) is 4.74 Å². The van der Waals surface area contributed by atoms with E-state index < -0.39 is 5.41 Å². The smallest absolute Gasteiger partial charge is 0.225 e. The van der Waals surface area contributed by atoms with Crippen LogP contribution in [0.3, 0.4) is 0 Å². The van der Waals surface area contributed by atoms with E-state index in [0.29, 0.717) is 19.6 Å². The Morgan fingerprint density at radius 3 is 2.47 bits per heavy atom. The fraction of sp³-hybridized carbons (Fsp3) is 0.636. The summed E-state index contributed by atoms with van der Waals surface area (Å²) in [6.07, 6.45) is 0. The lowest BCUT2D eigenvalue weighted by Crippen LogP contribution is -2.52. The number of piperazine rings is 1. The standard InChI is InChI=1S/C22H36FN5O2/c1-6-24-21(26-10-9-25-20(29)22(2,3)4)28-13-11-27(12-14-28)16-17-7-8-19(30-5)18(23)15-17/h7-8,15H,6,9-14,16H2,1-5H3,(H,24,26)(H,25,29). The molecular weight excluding hydrogens is 385 g/mol.